The number of nitrogens with zero attached hydrogens (tertiary/aromatic N) is 1. The highest BCUT2D eigenvalue weighted by atomic mass is 32.1. The maximum atomic E-state index is 2.23. The molecule has 0 fully saturated rings. The molecule has 0 spiro atoms. The van der Waals surface area contributed by atoms with Gasteiger partial charge in [-0.05, 0) is 31.1 Å². The van der Waals surface area contributed by atoms with Gasteiger partial charge in [-0.1, -0.05) is 24.3 Å². The van der Waals surface area contributed by atoms with Crippen molar-refractivity contribution >= 4 is 16.9 Å². The van der Waals surface area contributed by atoms with Gasteiger partial charge in [0.1, 0.15) is 0 Å². The van der Waals surface area contributed by atoms with Gasteiger partial charge in [0.25, 0.3) is 0 Å². The van der Waals surface area contributed by atoms with Gasteiger partial charge in [-0.25, -0.2) is 0 Å². The van der Waals surface area contributed by atoms with E-state index in [1.54, 1.807) is 11.3 Å². The van der Waals surface area contributed by atoms with Crippen molar-refractivity contribution in [1.29, 1.82) is 0 Å². The second-order valence-electron chi connectivity index (χ2n) is 3.39. The Bertz CT molecular complexity index is 333. The van der Waals surface area contributed by atoms with Crippen LogP contribution in [0.25, 0.3) is 5.57 Å². The molecule has 0 aliphatic heterocycles. The van der Waals surface area contributed by atoms with Crippen LogP contribution in [0.1, 0.15) is 4.88 Å². The van der Waals surface area contributed by atoms with Gasteiger partial charge >= 0.3 is 0 Å². The SMILES string of the molecule is CN(C)C1C=CC=C1c1cccs1. The van der Waals surface area contributed by atoms with E-state index in [2.05, 4.69) is 54.7 Å². The van der Waals surface area contributed by atoms with E-state index in [-0.39, 0.29) is 0 Å². The lowest BCUT2D eigenvalue weighted by Crippen LogP contribution is -2.25. The zero-order valence-electron chi connectivity index (χ0n) is 7.90. The normalized spacial score (nSPS) is 21.2. The van der Waals surface area contributed by atoms with Crippen LogP contribution in [0.5, 0.6) is 0 Å². The molecule has 2 rings (SSSR count). The van der Waals surface area contributed by atoms with Crippen LogP contribution in [0.3, 0.4) is 0 Å². The first-order valence-corrected chi connectivity index (χ1v) is 5.25. The number of hydrogen-bond acceptors (Lipinski definition) is 2. The number of rotatable bonds is 2. The van der Waals surface area contributed by atoms with Gasteiger partial charge in [-0.2, -0.15) is 0 Å². The molecule has 1 aliphatic rings. The summed E-state index contributed by atoms with van der Waals surface area (Å²) in [6.45, 7) is 0. The lowest BCUT2D eigenvalue weighted by atomic mass is 10.1. The monoisotopic (exact) mass is 191 g/mol. The molecule has 1 heterocycles. The average Bonchev–Trinajstić information content (AvgIpc) is 2.74. The van der Waals surface area contributed by atoms with E-state index in [1.807, 2.05) is 0 Å². The Morgan fingerprint density at radius 1 is 1.38 bits per heavy atom. The molecule has 0 aromatic carbocycles. The molecule has 0 saturated carbocycles. The van der Waals surface area contributed by atoms with Crippen LogP contribution in [0.15, 0.2) is 35.7 Å². The standard InChI is InChI=1S/C11H13NS/c1-12(2)10-6-3-5-9(10)11-7-4-8-13-11/h3-8,10H,1-2H3. The number of likely N-dealkylation sites (N-methyl/N-ethyl adjacent to an activating group) is 1. The molecule has 13 heavy (non-hydrogen) atoms. The average molecular weight is 191 g/mol. The van der Waals surface area contributed by atoms with E-state index in [0.29, 0.717) is 6.04 Å². The Hall–Kier alpha value is -0.860. The van der Waals surface area contributed by atoms with Gasteiger partial charge in [-0.3, -0.25) is 4.90 Å². The third-order valence-corrected chi connectivity index (χ3v) is 3.17. The fourth-order valence-corrected chi connectivity index (χ4v) is 2.37. The van der Waals surface area contributed by atoms with Crippen LogP contribution in [-0.4, -0.2) is 25.0 Å². The van der Waals surface area contributed by atoms with Crippen molar-refractivity contribution in [2.24, 2.45) is 0 Å². The predicted molar refractivity (Wildman–Crippen MR) is 58.9 cm³/mol. The molecule has 68 valence electrons. The van der Waals surface area contributed by atoms with Crippen molar-refractivity contribution in [2.45, 2.75) is 6.04 Å². The summed E-state index contributed by atoms with van der Waals surface area (Å²) < 4.78 is 0. The third-order valence-electron chi connectivity index (χ3n) is 2.25. The zero-order chi connectivity index (χ0) is 9.26. The van der Waals surface area contributed by atoms with Gasteiger partial charge in [0.15, 0.2) is 0 Å². The van der Waals surface area contributed by atoms with Gasteiger partial charge < -0.3 is 0 Å². The minimum atomic E-state index is 0.457. The Kier molecular flexibility index (Phi) is 2.34. The maximum Gasteiger partial charge on any atom is 0.0543 e. The molecule has 1 aromatic heterocycles. The van der Waals surface area contributed by atoms with Crippen molar-refractivity contribution in [3.8, 4) is 0 Å². The van der Waals surface area contributed by atoms with Crippen LogP contribution in [0, 0.1) is 0 Å². The third kappa shape index (κ3) is 1.60. The Morgan fingerprint density at radius 3 is 2.85 bits per heavy atom. The Morgan fingerprint density at radius 2 is 2.23 bits per heavy atom. The van der Waals surface area contributed by atoms with Gasteiger partial charge in [-0.15, -0.1) is 11.3 Å². The van der Waals surface area contributed by atoms with Crippen LogP contribution in [-0.2, 0) is 0 Å². The summed E-state index contributed by atoms with van der Waals surface area (Å²) in [5, 5.41) is 2.13. The first-order chi connectivity index (χ1) is 6.29. The molecule has 0 bridgehead atoms. The molecule has 0 saturated heterocycles. The van der Waals surface area contributed by atoms with E-state index < -0.39 is 0 Å². The molecular formula is C11H13NS. The minimum Gasteiger partial charge on any atom is -0.299 e. The molecule has 1 unspecified atom stereocenters. The van der Waals surface area contributed by atoms with E-state index in [1.165, 1.54) is 10.5 Å². The van der Waals surface area contributed by atoms with E-state index >= 15 is 0 Å². The van der Waals surface area contributed by atoms with Gasteiger partial charge in [0.2, 0.25) is 0 Å². The predicted octanol–water partition coefficient (Wildman–Crippen LogP) is 2.63. The molecule has 1 nitrogen and oxygen atoms in total. The smallest absolute Gasteiger partial charge is 0.0543 e. The summed E-state index contributed by atoms with van der Waals surface area (Å²) >= 11 is 1.81. The van der Waals surface area contributed by atoms with Gasteiger partial charge in [0.05, 0.1) is 6.04 Å². The number of thiophene rings is 1. The molecule has 1 aromatic rings. The Balaban J connectivity index is 2.27. The van der Waals surface area contributed by atoms with Crippen molar-refractivity contribution in [2.75, 3.05) is 14.1 Å². The highest BCUT2D eigenvalue weighted by Gasteiger charge is 2.18. The summed E-state index contributed by atoms with van der Waals surface area (Å²) in [5.74, 6) is 0. The largest absolute Gasteiger partial charge is 0.299 e. The molecule has 1 aliphatic carbocycles. The number of hydrogen-bond donors (Lipinski definition) is 0. The summed E-state index contributed by atoms with van der Waals surface area (Å²) in [5.41, 5.74) is 1.42. The fourth-order valence-electron chi connectivity index (χ4n) is 1.59. The topological polar surface area (TPSA) is 3.24 Å². The first-order valence-electron chi connectivity index (χ1n) is 4.38. The molecule has 0 radical (unpaired) electrons. The summed E-state index contributed by atoms with van der Waals surface area (Å²) in [6.07, 6.45) is 6.57. The lowest BCUT2D eigenvalue weighted by Gasteiger charge is -2.20. The Labute approximate surface area is 83.0 Å². The highest BCUT2D eigenvalue weighted by molar-refractivity contribution is 7.11. The zero-order valence-corrected chi connectivity index (χ0v) is 8.71. The van der Waals surface area contributed by atoms with Crippen molar-refractivity contribution in [3.05, 3.63) is 40.6 Å². The van der Waals surface area contributed by atoms with Crippen LogP contribution >= 0.6 is 11.3 Å². The first kappa shape index (κ1) is 8.73. The minimum absolute atomic E-state index is 0.457. The van der Waals surface area contributed by atoms with E-state index in [0.717, 1.165) is 0 Å². The van der Waals surface area contributed by atoms with E-state index in [9.17, 15) is 0 Å². The van der Waals surface area contributed by atoms with E-state index in [4.69, 9.17) is 0 Å². The lowest BCUT2D eigenvalue weighted by molar-refractivity contribution is 0.402. The summed E-state index contributed by atoms with van der Waals surface area (Å²) in [6, 6.07) is 4.74. The van der Waals surface area contributed by atoms with Crippen LogP contribution < -0.4 is 0 Å². The van der Waals surface area contributed by atoms with Gasteiger partial charge in [0, 0.05) is 4.88 Å². The molecule has 0 amide bonds. The molecule has 2 heteroatoms. The summed E-state index contributed by atoms with van der Waals surface area (Å²) in [7, 11) is 4.23. The van der Waals surface area contributed by atoms with Crippen molar-refractivity contribution in [3.63, 3.8) is 0 Å². The van der Waals surface area contributed by atoms with Crippen molar-refractivity contribution in [1.82, 2.24) is 4.90 Å². The second-order valence-corrected chi connectivity index (χ2v) is 4.34. The fraction of sp³-hybridized carbons (Fsp3) is 0.273. The van der Waals surface area contributed by atoms with Crippen molar-refractivity contribution < 1.29 is 0 Å². The van der Waals surface area contributed by atoms with Crippen LogP contribution in [0.4, 0.5) is 0 Å². The molecule has 0 N–H and O–H groups in total. The maximum absolute atomic E-state index is 2.23. The van der Waals surface area contributed by atoms with Crippen LogP contribution in [0.2, 0.25) is 0 Å². The molecule has 1 atom stereocenters. The summed E-state index contributed by atoms with van der Waals surface area (Å²) in [4.78, 5) is 3.61. The highest BCUT2D eigenvalue weighted by Crippen LogP contribution is 2.29. The quantitative estimate of drug-likeness (QED) is 0.694. The number of allylic oxidation sites excluding steroid dienone is 2. The second kappa shape index (κ2) is 3.48. The molecular weight excluding hydrogens is 178 g/mol.